The lowest BCUT2D eigenvalue weighted by Gasteiger charge is -2.32. The van der Waals surface area contributed by atoms with Crippen LogP contribution in [0, 0.1) is 6.92 Å². The zero-order valence-corrected chi connectivity index (χ0v) is 19.6. The molecule has 0 aliphatic carbocycles. The molecule has 1 saturated heterocycles. The number of nitrogens with one attached hydrogen (secondary N) is 1. The number of rotatable bonds is 5. The quantitative estimate of drug-likeness (QED) is 0.475. The lowest BCUT2D eigenvalue weighted by Crippen LogP contribution is -2.40. The average molecular weight is 477 g/mol. The summed E-state index contributed by atoms with van der Waals surface area (Å²) >= 11 is 6.10. The van der Waals surface area contributed by atoms with Gasteiger partial charge < -0.3 is 9.88 Å². The first-order valence-electron chi connectivity index (χ1n) is 11.4. The number of aromatic nitrogens is 5. The Morgan fingerprint density at radius 2 is 2.00 bits per heavy atom. The number of halogens is 1. The molecule has 2 aromatic heterocycles. The van der Waals surface area contributed by atoms with Gasteiger partial charge in [-0.15, -0.1) is 5.10 Å². The minimum absolute atomic E-state index is 0.0534. The number of aromatic amines is 1. The van der Waals surface area contributed by atoms with Crippen molar-refractivity contribution in [3.63, 3.8) is 0 Å². The summed E-state index contributed by atoms with van der Waals surface area (Å²) in [6.07, 6.45) is 2.07. The second kappa shape index (κ2) is 9.38. The second-order valence-electron chi connectivity index (χ2n) is 8.84. The molecule has 0 bridgehead atoms. The lowest BCUT2D eigenvalue weighted by molar-refractivity contribution is -0.131. The minimum Gasteiger partial charge on any atom is -0.342 e. The third-order valence-electron chi connectivity index (χ3n) is 6.25. The molecule has 34 heavy (non-hydrogen) atoms. The molecule has 1 unspecified atom stereocenters. The molecule has 0 radical (unpaired) electrons. The van der Waals surface area contributed by atoms with Gasteiger partial charge >= 0.3 is 0 Å². The van der Waals surface area contributed by atoms with E-state index in [1.807, 2.05) is 54.3 Å². The fourth-order valence-corrected chi connectivity index (χ4v) is 4.62. The van der Waals surface area contributed by atoms with Gasteiger partial charge in [0.2, 0.25) is 5.91 Å². The van der Waals surface area contributed by atoms with Crippen LogP contribution >= 0.6 is 11.6 Å². The van der Waals surface area contributed by atoms with Gasteiger partial charge in [-0.1, -0.05) is 58.8 Å². The molecule has 2 aromatic carbocycles. The summed E-state index contributed by atoms with van der Waals surface area (Å²) in [4.78, 5) is 35.2. The van der Waals surface area contributed by atoms with Crippen molar-refractivity contribution in [2.45, 2.75) is 38.6 Å². The van der Waals surface area contributed by atoms with Crippen LogP contribution in [0.3, 0.4) is 0 Å². The number of carbonyl (C=O) groups is 1. The first-order chi connectivity index (χ1) is 16.5. The number of hydrogen-bond acceptors (Lipinski definition) is 5. The molecule has 1 N–H and O–H groups in total. The van der Waals surface area contributed by atoms with E-state index in [0.29, 0.717) is 42.5 Å². The van der Waals surface area contributed by atoms with E-state index in [1.54, 1.807) is 10.7 Å². The van der Waals surface area contributed by atoms with Gasteiger partial charge in [-0.2, -0.15) is 0 Å². The van der Waals surface area contributed by atoms with E-state index in [9.17, 15) is 9.59 Å². The van der Waals surface area contributed by atoms with Crippen molar-refractivity contribution in [3.05, 3.63) is 86.4 Å². The smallest absolute Gasteiger partial charge is 0.281 e. The third kappa shape index (κ3) is 4.72. The van der Waals surface area contributed by atoms with E-state index in [4.69, 9.17) is 16.6 Å². The van der Waals surface area contributed by atoms with Crippen LogP contribution < -0.4 is 5.56 Å². The normalized spacial score (nSPS) is 16.2. The van der Waals surface area contributed by atoms with Crippen LogP contribution in [0.2, 0.25) is 5.02 Å². The van der Waals surface area contributed by atoms with Gasteiger partial charge in [0.25, 0.3) is 5.56 Å². The van der Waals surface area contributed by atoms with Crippen LogP contribution in [0.5, 0.6) is 0 Å². The Hall–Kier alpha value is -3.52. The monoisotopic (exact) mass is 476 g/mol. The number of fused-ring (bicyclic) bond motifs is 1. The van der Waals surface area contributed by atoms with Gasteiger partial charge in [-0.25, -0.2) is 9.67 Å². The summed E-state index contributed by atoms with van der Waals surface area (Å²) in [6.45, 7) is 3.66. The summed E-state index contributed by atoms with van der Waals surface area (Å²) in [6, 6.07) is 15.5. The maximum Gasteiger partial charge on any atom is 0.281 e. The van der Waals surface area contributed by atoms with E-state index >= 15 is 0 Å². The van der Waals surface area contributed by atoms with Crippen LogP contribution in [0.15, 0.2) is 53.3 Å². The third-order valence-corrected chi connectivity index (χ3v) is 6.49. The fraction of sp³-hybridized carbons (Fsp3) is 0.320. The highest BCUT2D eigenvalue weighted by atomic mass is 35.5. The van der Waals surface area contributed by atoms with Gasteiger partial charge in [0.05, 0.1) is 13.0 Å². The van der Waals surface area contributed by atoms with Gasteiger partial charge in [0.15, 0.2) is 11.2 Å². The van der Waals surface area contributed by atoms with Gasteiger partial charge in [-0.05, 0) is 43.0 Å². The maximum atomic E-state index is 13.0. The van der Waals surface area contributed by atoms with E-state index in [1.165, 1.54) is 5.56 Å². The fourth-order valence-electron chi connectivity index (χ4n) is 4.41. The van der Waals surface area contributed by atoms with Crippen LogP contribution in [-0.4, -0.2) is 48.9 Å². The number of likely N-dealkylation sites (tertiary alicyclic amines) is 1. The summed E-state index contributed by atoms with van der Waals surface area (Å²) in [5, 5.41) is 8.80. The Morgan fingerprint density at radius 3 is 2.79 bits per heavy atom. The molecule has 0 spiro atoms. The SMILES string of the molecule is Cc1ccc(CC(=O)N2CCCC(c3nc4c(nnn4Cc4cccc(Cl)c4)c(=O)[nH]3)C2)cc1. The highest BCUT2D eigenvalue weighted by Crippen LogP contribution is 2.25. The van der Waals surface area contributed by atoms with E-state index in [2.05, 4.69) is 15.3 Å². The van der Waals surface area contributed by atoms with Crippen LogP contribution in [-0.2, 0) is 17.8 Å². The zero-order chi connectivity index (χ0) is 23.7. The van der Waals surface area contributed by atoms with Gasteiger partial charge in [0.1, 0.15) is 5.82 Å². The lowest BCUT2D eigenvalue weighted by atomic mass is 9.96. The van der Waals surface area contributed by atoms with Crippen molar-refractivity contribution in [3.8, 4) is 0 Å². The number of carbonyl (C=O) groups excluding carboxylic acids is 1. The largest absolute Gasteiger partial charge is 0.342 e. The van der Waals surface area contributed by atoms with Gasteiger partial charge in [-0.3, -0.25) is 9.59 Å². The highest BCUT2D eigenvalue weighted by Gasteiger charge is 2.27. The molecule has 4 aromatic rings. The van der Waals surface area contributed by atoms with Crippen molar-refractivity contribution in [2.24, 2.45) is 0 Å². The van der Waals surface area contributed by atoms with E-state index in [-0.39, 0.29) is 22.9 Å². The number of aryl methyl sites for hydroxylation is 1. The number of hydrogen-bond donors (Lipinski definition) is 1. The van der Waals surface area contributed by atoms with Crippen LogP contribution in [0.4, 0.5) is 0 Å². The molecule has 1 amide bonds. The van der Waals surface area contributed by atoms with Crippen molar-refractivity contribution >= 4 is 28.7 Å². The number of amides is 1. The molecule has 0 saturated carbocycles. The molecule has 3 heterocycles. The van der Waals surface area contributed by atoms with Gasteiger partial charge in [0, 0.05) is 24.0 Å². The first kappa shape index (κ1) is 22.3. The summed E-state index contributed by atoms with van der Waals surface area (Å²) in [7, 11) is 0. The van der Waals surface area contributed by atoms with Crippen molar-refractivity contribution in [1.82, 2.24) is 29.9 Å². The molecule has 1 aliphatic heterocycles. The number of nitrogens with zero attached hydrogens (tertiary/aromatic N) is 5. The zero-order valence-electron chi connectivity index (χ0n) is 18.9. The summed E-state index contributed by atoms with van der Waals surface area (Å²) in [5.41, 5.74) is 3.43. The number of piperidine rings is 1. The summed E-state index contributed by atoms with van der Waals surface area (Å²) in [5.74, 6) is 0.604. The Bertz CT molecular complexity index is 1390. The number of benzene rings is 2. The number of H-pyrrole nitrogens is 1. The second-order valence-corrected chi connectivity index (χ2v) is 9.28. The molecule has 8 nitrogen and oxygen atoms in total. The standard InChI is InChI=1S/C25H25ClN6O2/c1-16-7-9-17(10-8-16)13-21(33)31-11-3-5-19(15-31)23-27-24-22(25(34)28-23)29-30-32(24)14-18-4-2-6-20(26)12-18/h2,4,6-10,12,19H,3,5,11,13-15H2,1H3,(H,27,28,34). The van der Waals surface area contributed by atoms with E-state index in [0.717, 1.165) is 24.0 Å². The van der Waals surface area contributed by atoms with Crippen LogP contribution in [0.25, 0.3) is 11.2 Å². The molecule has 5 rings (SSSR count). The Balaban J connectivity index is 1.37. The molecular formula is C25H25ClN6O2. The maximum absolute atomic E-state index is 13.0. The molecule has 1 aliphatic rings. The van der Waals surface area contributed by atoms with Crippen molar-refractivity contribution in [2.75, 3.05) is 13.1 Å². The minimum atomic E-state index is -0.319. The molecule has 9 heteroatoms. The average Bonchev–Trinajstić information content (AvgIpc) is 3.24. The van der Waals surface area contributed by atoms with Crippen LogP contribution in [0.1, 0.15) is 41.3 Å². The molecule has 174 valence electrons. The Morgan fingerprint density at radius 1 is 1.18 bits per heavy atom. The molecule has 1 atom stereocenters. The molecular weight excluding hydrogens is 452 g/mol. The van der Waals surface area contributed by atoms with Crippen molar-refractivity contribution < 1.29 is 4.79 Å². The predicted octanol–water partition coefficient (Wildman–Crippen LogP) is 3.47. The Labute approximate surface area is 201 Å². The van der Waals surface area contributed by atoms with Crippen molar-refractivity contribution in [1.29, 1.82) is 0 Å². The highest BCUT2D eigenvalue weighted by molar-refractivity contribution is 6.30. The topological polar surface area (TPSA) is 96.8 Å². The van der Waals surface area contributed by atoms with E-state index < -0.39 is 0 Å². The summed E-state index contributed by atoms with van der Waals surface area (Å²) < 4.78 is 1.61. The predicted molar refractivity (Wildman–Crippen MR) is 130 cm³/mol. The Kier molecular flexibility index (Phi) is 6.15. The molecule has 1 fully saturated rings. The first-order valence-corrected chi connectivity index (χ1v) is 11.8.